The van der Waals surface area contributed by atoms with E-state index >= 15 is 0 Å². The Morgan fingerprint density at radius 1 is 1.44 bits per heavy atom. The van der Waals surface area contributed by atoms with Gasteiger partial charge in [0.15, 0.2) is 0 Å². The Morgan fingerprint density at radius 2 is 2.12 bits per heavy atom. The number of sulfonamides is 1. The van der Waals surface area contributed by atoms with E-state index in [0.717, 1.165) is 6.42 Å². The van der Waals surface area contributed by atoms with E-state index in [-0.39, 0.29) is 5.75 Å². The highest BCUT2D eigenvalue weighted by atomic mass is 32.2. The molecule has 0 aliphatic carbocycles. The van der Waals surface area contributed by atoms with Crippen molar-refractivity contribution in [2.24, 2.45) is 5.73 Å². The Labute approximate surface area is 98.0 Å². The lowest BCUT2D eigenvalue weighted by Crippen LogP contribution is -2.57. The Balaban J connectivity index is 2.77. The average Bonchev–Trinajstić information content (AvgIpc) is 2.29. The molecule has 1 heterocycles. The van der Waals surface area contributed by atoms with Crippen molar-refractivity contribution in [1.29, 1.82) is 0 Å². The van der Waals surface area contributed by atoms with Crippen LogP contribution in [0.2, 0.25) is 0 Å². The number of nitrogens with zero attached hydrogens (tertiary/aromatic N) is 1. The summed E-state index contributed by atoms with van der Waals surface area (Å²) in [5, 5.41) is 0. The van der Waals surface area contributed by atoms with Crippen LogP contribution < -0.4 is 5.73 Å². The van der Waals surface area contributed by atoms with Crippen LogP contribution in [-0.2, 0) is 14.8 Å². The minimum atomic E-state index is -3.13. The van der Waals surface area contributed by atoms with Gasteiger partial charge in [-0.1, -0.05) is 13.8 Å². The van der Waals surface area contributed by atoms with E-state index in [1.807, 2.05) is 13.8 Å². The van der Waals surface area contributed by atoms with Crippen molar-refractivity contribution in [1.82, 2.24) is 4.31 Å². The quantitative estimate of drug-likeness (QED) is 0.754. The van der Waals surface area contributed by atoms with Crippen molar-refractivity contribution < 1.29 is 13.2 Å². The molecule has 0 amide bonds. The number of nitrogens with two attached hydrogens (primary N) is 1. The molecule has 0 aromatic rings. The highest BCUT2D eigenvalue weighted by Crippen LogP contribution is 2.22. The Kier molecular flexibility index (Phi) is 4.73. The molecule has 1 rings (SSSR count). The summed E-state index contributed by atoms with van der Waals surface area (Å²) in [5.41, 5.74) is 5.19. The van der Waals surface area contributed by atoms with Crippen molar-refractivity contribution in [3.63, 3.8) is 0 Å². The third kappa shape index (κ3) is 2.94. The van der Waals surface area contributed by atoms with Gasteiger partial charge in [-0.15, -0.1) is 0 Å². The molecule has 1 unspecified atom stereocenters. The normalized spacial score (nSPS) is 28.2. The fraction of sp³-hybridized carbons (Fsp3) is 1.00. The largest absolute Gasteiger partial charge is 0.371 e. The van der Waals surface area contributed by atoms with Gasteiger partial charge < -0.3 is 10.5 Å². The zero-order valence-corrected chi connectivity index (χ0v) is 10.9. The second kappa shape index (κ2) is 5.44. The summed E-state index contributed by atoms with van der Waals surface area (Å²) in [6.45, 7) is 5.48. The maximum absolute atomic E-state index is 11.9. The van der Waals surface area contributed by atoms with Crippen LogP contribution in [0, 0.1) is 0 Å². The van der Waals surface area contributed by atoms with Gasteiger partial charge in [-0.3, -0.25) is 0 Å². The van der Waals surface area contributed by atoms with Crippen LogP contribution >= 0.6 is 0 Å². The molecular weight excluding hydrogens is 228 g/mol. The molecule has 5 nitrogen and oxygen atoms in total. The topological polar surface area (TPSA) is 72.6 Å². The first-order chi connectivity index (χ1) is 7.49. The predicted octanol–water partition coefficient (Wildman–Crippen LogP) is 0.166. The number of rotatable bonds is 5. The zero-order valence-electron chi connectivity index (χ0n) is 10.1. The van der Waals surface area contributed by atoms with Gasteiger partial charge >= 0.3 is 0 Å². The van der Waals surface area contributed by atoms with Gasteiger partial charge in [-0.2, -0.15) is 4.31 Å². The number of ether oxygens (including phenoxy) is 1. The van der Waals surface area contributed by atoms with Crippen LogP contribution in [0.15, 0.2) is 0 Å². The molecule has 1 aliphatic heterocycles. The fourth-order valence-electron chi connectivity index (χ4n) is 1.92. The minimum absolute atomic E-state index is 0.206. The summed E-state index contributed by atoms with van der Waals surface area (Å²) in [7, 11) is -3.13. The maximum atomic E-state index is 11.9. The lowest BCUT2D eigenvalue weighted by molar-refractivity contribution is -0.0848. The van der Waals surface area contributed by atoms with Gasteiger partial charge in [-0.25, -0.2) is 8.42 Å². The summed E-state index contributed by atoms with van der Waals surface area (Å²) < 4.78 is 31.0. The molecule has 0 saturated carbocycles. The monoisotopic (exact) mass is 250 g/mol. The van der Waals surface area contributed by atoms with Crippen LogP contribution in [0.25, 0.3) is 0 Å². The highest BCUT2D eigenvalue weighted by molar-refractivity contribution is 7.89. The van der Waals surface area contributed by atoms with E-state index in [2.05, 4.69) is 0 Å². The van der Waals surface area contributed by atoms with Gasteiger partial charge in [0.05, 0.1) is 18.0 Å². The van der Waals surface area contributed by atoms with Gasteiger partial charge in [-0.05, 0) is 12.8 Å². The second-order valence-electron chi connectivity index (χ2n) is 4.24. The minimum Gasteiger partial charge on any atom is -0.371 e. The lowest BCUT2D eigenvalue weighted by Gasteiger charge is -2.41. The summed E-state index contributed by atoms with van der Waals surface area (Å²) >= 11 is 0. The van der Waals surface area contributed by atoms with Crippen LogP contribution in [0.3, 0.4) is 0 Å². The third-order valence-electron chi connectivity index (χ3n) is 3.09. The SMILES string of the molecule is CCCS(=O)(=O)N1CCOC(CC)(CN)C1. The first-order valence-electron chi connectivity index (χ1n) is 5.81. The number of hydrogen-bond donors (Lipinski definition) is 1. The zero-order chi connectivity index (χ0) is 12.2. The molecule has 1 aliphatic rings. The molecule has 2 N–H and O–H groups in total. The van der Waals surface area contributed by atoms with Gasteiger partial charge in [0.1, 0.15) is 0 Å². The van der Waals surface area contributed by atoms with Crippen molar-refractivity contribution >= 4 is 10.0 Å². The van der Waals surface area contributed by atoms with E-state index in [1.54, 1.807) is 0 Å². The predicted molar refractivity (Wildman–Crippen MR) is 63.7 cm³/mol. The van der Waals surface area contributed by atoms with E-state index in [4.69, 9.17) is 10.5 Å². The molecule has 1 fully saturated rings. The van der Waals surface area contributed by atoms with Crippen LogP contribution in [0.1, 0.15) is 26.7 Å². The lowest BCUT2D eigenvalue weighted by atomic mass is 10.00. The van der Waals surface area contributed by atoms with Crippen molar-refractivity contribution in [3.05, 3.63) is 0 Å². The summed E-state index contributed by atoms with van der Waals surface area (Å²) in [5.74, 6) is 0.206. The molecule has 0 aromatic heterocycles. The van der Waals surface area contributed by atoms with Gasteiger partial charge in [0.25, 0.3) is 0 Å². The first-order valence-corrected chi connectivity index (χ1v) is 7.42. The molecular formula is C10H22N2O3S. The van der Waals surface area contributed by atoms with Crippen molar-refractivity contribution in [2.75, 3.05) is 32.0 Å². The fourth-order valence-corrected chi connectivity index (χ4v) is 3.48. The van der Waals surface area contributed by atoms with Crippen LogP contribution in [-0.4, -0.2) is 50.3 Å². The van der Waals surface area contributed by atoms with E-state index in [1.165, 1.54) is 4.31 Å². The molecule has 0 aromatic carbocycles. The maximum Gasteiger partial charge on any atom is 0.214 e. The standard InChI is InChI=1S/C10H22N2O3S/c1-3-7-16(13,14)12-5-6-15-10(4-2,8-11)9-12/h3-9,11H2,1-2H3. The summed E-state index contributed by atoms with van der Waals surface area (Å²) in [6.07, 6.45) is 1.38. The second-order valence-corrected chi connectivity index (χ2v) is 6.33. The smallest absolute Gasteiger partial charge is 0.214 e. The molecule has 0 spiro atoms. The van der Waals surface area contributed by atoms with Gasteiger partial charge in [0.2, 0.25) is 10.0 Å². The Bertz CT molecular complexity index is 312. The first kappa shape index (κ1) is 13.9. The molecule has 16 heavy (non-hydrogen) atoms. The summed E-state index contributed by atoms with van der Waals surface area (Å²) in [4.78, 5) is 0. The molecule has 1 atom stereocenters. The van der Waals surface area contributed by atoms with Crippen molar-refractivity contribution in [2.45, 2.75) is 32.3 Å². The van der Waals surface area contributed by atoms with Gasteiger partial charge in [0, 0.05) is 19.6 Å². The average molecular weight is 250 g/mol. The number of hydrogen-bond acceptors (Lipinski definition) is 4. The van der Waals surface area contributed by atoms with Crippen LogP contribution in [0.4, 0.5) is 0 Å². The summed E-state index contributed by atoms with van der Waals surface area (Å²) in [6, 6.07) is 0. The molecule has 0 radical (unpaired) electrons. The van der Waals surface area contributed by atoms with Crippen LogP contribution in [0.5, 0.6) is 0 Å². The molecule has 0 bridgehead atoms. The third-order valence-corrected chi connectivity index (χ3v) is 5.11. The van der Waals surface area contributed by atoms with Crippen molar-refractivity contribution in [3.8, 4) is 0 Å². The highest BCUT2D eigenvalue weighted by Gasteiger charge is 2.38. The van der Waals surface area contributed by atoms with E-state index in [9.17, 15) is 8.42 Å². The van der Waals surface area contributed by atoms with E-state index in [0.29, 0.717) is 32.7 Å². The number of morpholine rings is 1. The molecule has 6 heteroatoms. The molecule has 96 valence electrons. The van der Waals surface area contributed by atoms with E-state index < -0.39 is 15.6 Å². The Hall–Kier alpha value is -0.170. The Morgan fingerprint density at radius 3 is 2.62 bits per heavy atom. The molecule has 1 saturated heterocycles.